The predicted molar refractivity (Wildman–Crippen MR) is 68.9 cm³/mol. The molecule has 1 aromatic heterocycles. The van der Waals surface area contributed by atoms with Gasteiger partial charge in [0.1, 0.15) is 6.04 Å². The number of aliphatic hydroxyl groups is 1. The monoisotopic (exact) mass is 262 g/mol. The molecule has 6 heteroatoms. The number of hydrogen-bond donors (Lipinski definition) is 4. The zero-order chi connectivity index (χ0) is 13.8. The van der Waals surface area contributed by atoms with E-state index >= 15 is 0 Å². The predicted octanol–water partition coefficient (Wildman–Crippen LogP) is 0.733. The number of H-pyrrole nitrogens is 1. The number of carbonyl (C=O) groups is 2. The lowest BCUT2D eigenvalue weighted by Crippen LogP contribution is -2.41. The van der Waals surface area contributed by atoms with Gasteiger partial charge in [0.25, 0.3) is 5.91 Å². The third-order valence-corrected chi connectivity index (χ3v) is 2.86. The van der Waals surface area contributed by atoms with Crippen molar-refractivity contribution in [2.24, 2.45) is 0 Å². The smallest absolute Gasteiger partial charge is 0.326 e. The van der Waals surface area contributed by atoms with Crippen LogP contribution >= 0.6 is 0 Å². The molecule has 1 unspecified atom stereocenters. The fourth-order valence-corrected chi connectivity index (χ4v) is 1.91. The SMILES string of the molecule is O=C(NC(CCO)C(=O)O)c1cccc2[nH]ccc12. The van der Waals surface area contributed by atoms with Crippen molar-refractivity contribution in [3.63, 3.8) is 0 Å². The number of fused-ring (bicyclic) bond motifs is 1. The van der Waals surface area contributed by atoms with Crippen LogP contribution in [-0.4, -0.2) is 39.7 Å². The summed E-state index contributed by atoms with van der Waals surface area (Å²) in [5, 5.41) is 20.9. The number of benzene rings is 1. The molecule has 1 heterocycles. The fraction of sp³-hybridized carbons (Fsp3) is 0.231. The molecular formula is C13H14N2O4. The van der Waals surface area contributed by atoms with Gasteiger partial charge >= 0.3 is 5.97 Å². The van der Waals surface area contributed by atoms with Crippen LogP contribution in [0.5, 0.6) is 0 Å². The zero-order valence-corrected chi connectivity index (χ0v) is 10.1. The minimum atomic E-state index is -1.16. The summed E-state index contributed by atoms with van der Waals surface area (Å²) in [5.41, 5.74) is 1.21. The molecule has 6 nitrogen and oxygen atoms in total. The summed E-state index contributed by atoms with van der Waals surface area (Å²) in [7, 11) is 0. The fourth-order valence-electron chi connectivity index (χ4n) is 1.91. The van der Waals surface area contributed by atoms with E-state index in [9.17, 15) is 9.59 Å². The second kappa shape index (κ2) is 5.53. The van der Waals surface area contributed by atoms with Crippen LogP contribution in [0.2, 0.25) is 0 Å². The number of aromatic amines is 1. The van der Waals surface area contributed by atoms with Crippen LogP contribution in [-0.2, 0) is 4.79 Å². The van der Waals surface area contributed by atoms with Gasteiger partial charge in [-0.2, -0.15) is 0 Å². The van der Waals surface area contributed by atoms with Gasteiger partial charge in [0.05, 0.1) is 0 Å². The maximum Gasteiger partial charge on any atom is 0.326 e. The minimum Gasteiger partial charge on any atom is -0.480 e. The van der Waals surface area contributed by atoms with Crippen LogP contribution in [0.3, 0.4) is 0 Å². The van der Waals surface area contributed by atoms with Crippen molar-refractivity contribution in [1.82, 2.24) is 10.3 Å². The average Bonchev–Trinajstić information content (AvgIpc) is 2.85. The highest BCUT2D eigenvalue weighted by Gasteiger charge is 2.21. The standard InChI is InChI=1S/C13H14N2O4/c16-7-5-11(13(18)19)15-12(17)9-2-1-3-10-8(9)4-6-14-10/h1-4,6,11,14,16H,5,7H2,(H,15,17)(H,18,19). The molecule has 0 aliphatic heterocycles. The normalized spacial score (nSPS) is 12.3. The maximum atomic E-state index is 12.1. The molecule has 0 radical (unpaired) electrons. The van der Waals surface area contributed by atoms with Gasteiger partial charge in [-0.25, -0.2) is 4.79 Å². The van der Waals surface area contributed by atoms with Crippen molar-refractivity contribution in [3.05, 3.63) is 36.0 Å². The molecular weight excluding hydrogens is 248 g/mol. The summed E-state index contributed by atoms with van der Waals surface area (Å²) < 4.78 is 0. The molecule has 0 bridgehead atoms. The first-order valence-corrected chi connectivity index (χ1v) is 5.84. The van der Waals surface area contributed by atoms with E-state index < -0.39 is 17.9 Å². The number of carbonyl (C=O) groups excluding carboxylic acids is 1. The summed E-state index contributed by atoms with van der Waals surface area (Å²) in [6, 6.07) is 5.84. The number of amides is 1. The van der Waals surface area contributed by atoms with Crippen molar-refractivity contribution in [3.8, 4) is 0 Å². The molecule has 1 atom stereocenters. The quantitative estimate of drug-likeness (QED) is 0.638. The van der Waals surface area contributed by atoms with Crippen molar-refractivity contribution in [2.75, 3.05) is 6.61 Å². The molecule has 4 N–H and O–H groups in total. The molecule has 2 aromatic rings. The summed E-state index contributed by atoms with van der Waals surface area (Å²) in [5.74, 6) is -1.63. The van der Waals surface area contributed by atoms with Crippen LogP contribution in [0, 0.1) is 0 Å². The Balaban J connectivity index is 2.24. The van der Waals surface area contributed by atoms with Gasteiger partial charge in [-0.1, -0.05) is 6.07 Å². The third-order valence-electron chi connectivity index (χ3n) is 2.86. The third kappa shape index (κ3) is 2.74. The number of carboxylic acids is 1. The second-order valence-electron chi connectivity index (χ2n) is 4.12. The Bertz CT molecular complexity index is 605. The van der Waals surface area contributed by atoms with Crippen molar-refractivity contribution in [2.45, 2.75) is 12.5 Å². The Morgan fingerprint density at radius 2 is 2.11 bits per heavy atom. The van der Waals surface area contributed by atoms with E-state index in [0.29, 0.717) is 5.56 Å². The molecule has 0 fully saturated rings. The van der Waals surface area contributed by atoms with Crippen LogP contribution < -0.4 is 5.32 Å². The van der Waals surface area contributed by atoms with E-state index in [4.69, 9.17) is 10.2 Å². The number of aliphatic carboxylic acids is 1. The summed E-state index contributed by atoms with van der Waals surface area (Å²) >= 11 is 0. The Morgan fingerprint density at radius 1 is 1.32 bits per heavy atom. The largest absolute Gasteiger partial charge is 0.480 e. The lowest BCUT2D eigenvalue weighted by Gasteiger charge is -2.13. The number of rotatable bonds is 5. The van der Waals surface area contributed by atoms with E-state index in [2.05, 4.69) is 10.3 Å². The highest BCUT2D eigenvalue weighted by Crippen LogP contribution is 2.17. The number of hydrogen-bond acceptors (Lipinski definition) is 3. The van der Waals surface area contributed by atoms with Crippen LogP contribution in [0.25, 0.3) is 10.9 Å². The maximum absolute atomic E-state index is 12.1. The van der Waals surface area contributed by atoms with Gasteiger partial charge in [0, 0.05) is 35.7 Å². The molecule has 0 saturated carbocycles. The Kier molecular flexibility index (Phi) is 3.82. The zero-order valence-electron chi connectivity index (χ0n) is 10.1. The molecule has 0 saturated heterocycles. The van der Waals surface area contributed by atoms with E-state index in [1.54, 1.807) is 24.4 Å². The number of nitrogens with one attached hydrogen (secondary N) is 2. The first kappa shape index (κ1) is 13.1. The molecule has 1 amide bonds. The van der Waals surface area contributed by atoms with Gasteiger partial charge in [-0.05, 0) is 18.2 Å². The molecule has 2 rings (SSSR count). The Morgan fingerprint density at radius 3 is 2.79 bits per heavy atom. The summed E-state index contributed by atoms with van der Waals surface area (Å²) in [6.07, 6.45) is 1.69. The van der Waals surface area contributed by atoms with Crippen LogP contribution in [0.4, 0.5) is 0 Å². The minimum absolute atomic E-state index is 0.0236. The van der Waals surface area contributed by atoms with Crippen molar-refractivity contribution < 1.29 is 19.8 Å². The molecule has 100 valence electrons. The van der Waals surface area contributed by atoms with Gasteiger partial charge in [-0.15, -0.1) is 0 Å². The lowest BCUT2D eigenvalue weighted by molar-refractivity contribution is -0.139. The second-order valence-corrected chi connectivity index (χ2v) is 4.12. The summed E-state index contributed by atoms with van der Waals surface area (Å²) in [4.78, 5) is 26.0. The molecule has 0 aliphatic carbocycles. The number of aliphatic hydroxyl groups excluding tert-OH is 1. The summed E-state index contributed by atoms with van der Waals surface area (Å²) in [6.45, 7) is -0.300. The average molecular weight is 262 g/mol. The topological polar surface area (TPSA) is 102 Å². The van der Waals surface area contributed by atoms with Gasteiger partial charge < -0.3 is 20.5 Å². The van der Waals surface area contributed by atoms with E-state index in [1.807, 2.05) is 6.07 Å². The molecule has 0 spiro atoms. The first-order valence-electron chi connectivity index (χ1n) is 5.84. The first-order chi connectivity index (χ1) is 9.13. The Hall–Kier alpha value is -2.34. The van der Waals surface area contributed by atoms with Crippen LogP contribution in [0.15, 0.2) is 30.5 Å². The highest BCUT2D eigenvalue weighted by molar-refractivity contribution is 6.07. The lowest BCUT2D eigenvalue weighted by atomic mass is 10.1. The Labute approximate surface area is 109 Å². The molecule has 19 heavy (non-hydrogen) atoms. The van der Waals surface area contributed by atoms with E-state index in [-0.39, 0.29) is 13.0 Å². The van der Waals surface area contributed by atoms with E-state index in [1.165, 1.54) is 0 Å². The van der Waals surface area contributed by atoms with Gasteiger partial charge in [0.15, 0.2) is 0 Å². The number of carboxylic acid groups (broad SMARTS) is 1. The van der Waals surface area contributed by atoms with Crippen molar-refractivity contribution >= 4 is 22.8 Å². The molecule has 0 aliphatic rings. The van der Waals surface area contributed by atoms with E-state index in [0.717, 1.165) is 10.9 Å². The van der Waals surface area contributed by atoms with Gasteiger partial charge in [0.2, 0.25) is 0 Å². The number of aromatic nitrogens is 1. The highest BCUT2D eigenvalue weighted by atomic mass is 16.4. The van der Waals surface area contributed by atoms with Crippen molar-refractivity contribution in [1.29, 1.82) is 0 Å². The molecule has 1 aromatic carbocycles. The van der Waals surface area contributed by atoms with Crippen LogP contribution in [0.1, 0.15) is 16.8 Å². The van der Waals surface area contributed by atoms with Gasteiger partial charge in [-0.3, -0.25) is 4.79 Å².